The summed E-state index contributed by atoms with van der Waals surface area (Å²) in [5.74, 6) is -3.81. The molecular weight excluding hydrogens is 486 g/mol. The lowest BCUT2D eigenvalue weighted by molar-refractivity contribution is -0.172. The molecular formula is C22H21BrF2N4O3. The van der Waals surface area contributed by atoms with Gasteiger partial charge in [-0.05, 0) is 60.3 Å². The summed E-state index contributed by atoms with van der Waals surface area (Å²) in [6, 6.07) is 6.98. The number of carbonyl (C=O) groups is 2. The lowest BCUT2D eigenvalue weighted by Crippen LogP contribution is -2.65. The number of benzene rings is 1. The van der Waals surface area contributed by atoms with Gasteiger partial charge in [0.1, 0.15) is 17.2 Å². The van der Waals surface area contributed by atoms with Gasteiger partial charge in [0, 0.05) is 17.1 Å². The molecule has 1 aliphatic carbocycles. The number of pyridine rings is 1. The Hall–Kier alpha value is -2.85. The first kappa shape index (κ1) is 22.3. The van der Waals surface area contributed by atoms with Gasteiger partial charge in [0.05, 0.1) is 17.8 Å². The molecule has 1 aliphatic heterocycles. The highest BCUT2D eigenvalue weighted by Crippen LogP contribution is 2.47. The molecule has 1 aromatic carbocycles. The van der Waals surface area contributed by atoms with Crippen molar-refractivity contribution < 1.29 is 23.5 Å². The number of rotatable bonds is 4. The van der Waals surface area contributed by atoms with E-state index in [0.717, 1.165) is 17.0 Å². The fraction of sp³-hybridized carbons (Fsp3) is 0.318. The maximum absolute atomic E-state index is 14.3. The summed E-state index contributed by atoms with van der Waals surface area (Å²) in [6.45, 7) is 1.45. The standard InChI is InChI=1S/C22H21BrF2N4O3/c1-12-14(23)7-8-16(26-12)27-20(31)17-19(30)22(9-4-10-22)28(2)29(21(17)32)11-13-5-3-6-15(24)18(13)25/h3,5-8,30H,4,9-11H2,1-2H3,(H,26,27,31). The molecule has 0 atom stereocenters. The molecule has 0 bridgehead atoms. The molecule has 32 heavy (non-hydrogen) atoms. The Kier molecular flexibility index (Phi) is 5.76. The van der Waals surface area contributed by atoms with Crippen molar-refractivity contribution in [2.45, 2.75) is 38.3 Å². The monoisotopic (exact) mass is 506 g/mol. The van der Waals surface area contributed by atoms with Crippen molar-refractivity contribution in [1.29, 1.82) is 0 Å². The molecule has 2 heterocycles. The van der Waals surface area contributed by atoms with Gasteiger partial charge in [-0.25, -0.2) is 18.8 Å². The van der Waals surface area contributed by atoms with Crippen LogP contribution in [0.5, 0.6) is 0 Å². The predicted molar refractivity (Wildman–Crippen MR) is 116 cm³/mol. The summed E-state index contributed by atoms with van der Waals surface area (Å²) in [6.07, 6.45) is 1.81. The first-order valence-corrected chi connectivity index (χ1v) is 10.8. The number of hydrogen-bond donors (Lipinski definition) is 2. The Labute approximate surface area is 191 Å². The van der Waals surface area contributed by atoms with Crippen LogP contribution in [0.3, 0.4) is 0 Å². The van der Waals surface area contributed by atoms with E-state index in [2.05, 4.69) is 26.2 Å². The zero-order chi connectivity index (χ0) is 23.2. The second-order valence-corrected chi connectivity index (χ2v) is 8.78. The number of carbonyl (C=O) groups excluding carboxylic acids is 2. The molecule has 0 radical (unpaired) electrons. The van der Waals surface area contributed by atoms with Crippen LogP contribution in [0.15, 0.2) is 46.1 Å². The minimum atomic E-state index is -1.06. The van der Waals surface area contributed by atoms with Crippen LogP contribution < -0.4 is 5.32 Å². The lowest BCUT2D eigenvalue weighted by Gasteiger charge is -2.54. The van der Waals surface area contributed by atoms with Crippen LogP contribution in [0.4, 0.5) is 14.6 Å². The van der Waals surface area contributed by atoms with Crippen LogP contribution in [0.25, 0.3) is 0 Å². The number of amides is 2. The van der Waals surface area contributed by atoms with E-state index in [1.54, 1.807) is 26.1 Å². The minimum Gasteiger partial charge on any atom is -0.509 e. The Bertz CT molecular complexity index is 1150. The van der Waals surface area contributed by atoms with E-state index >= 15 is 0 Å². The Morgan fingerprint density at radius 3 is 2.62 bits per heavy atom. The summed E-state index contributed by atoms with van der Waals surface area (Å²) in [5.41, 5.74) is -0.782. The summed E-state index contributed by atoms with van der Waals surface area (Å²) in [5, 5.41) is 16.2. The molecule has 2 N–H and O–H groups in total. The third kappa shape index (κ3) is 3.57. The number of halogens is 3. The summed E-state index contributed by atoms with van der Waals surface area (Å²) < 4.78 is 28.8. The molecule has 168 valence electrons. The number of hydrogen-bond acceptors (Lipinski definition) is 5. The number of aryl methyl sites for hydroxylation is 1. The predicted octanol–water partition coefficient (Wildman–Crippen LogP) is 3.99. The highest BCUT2D eigenvalue weighted by Gasteiger charge is 2.54. The second-order valence-electron chi connectivity index (χ2n) is 7.93. The van der Waals surface area contributed by atoms with Crippen LogP contribution in [-0.2, 0) is 16.1 Å². The zero-order valence-electron chi connectivity index (χ0n) is 17.5. The summed E-state index contributed by atoms with van der Waals surface area (Å²) in [4.78, 5) is 30.6. The number of aliphatic hydroxyl groups is 1. The van der Waals surface area contributed by atoms with E-state index in [1.807, 2.05) is 0 Å². The molecule has 7 nitrogen and oxygen atoms in total. The number of nitrogens with one attached hydrogen (secondary N) is 1. The van der Waals surface area contributed by atoms with Crippen molar-refractivity contribution in [2.24, 2.45) is 0 Å². The molecule has 2 aromatic rings. The average molecular weight is 507 g/mol. The van der Waals surface area contributed by atoms with Crippen LogP contribution in [0.2, 0.25) is 0 Å². The van der Waals surface area contributed by atoms with Gasteiger partial charge in [-0.1, -0.05) is 12.1 Å². The average Bonchev–Trinajstić information content (AvgIpc) is 2.70. The fourth-order valence-electron chi connectivity index (χ4n) is 4.06. The van der Waals surface area contributed by atoms with Crippen molar-refractivity contribution >= 4 is 33.6 Å². The van der Waals surface area contributed by atoms with Crippen molar-refractivity contribution in [3.05, 3.63) is 69.0 Å². The Morgan fingerprint density at radius 1 is 1.28 bits per heavy atom. The quantitative estimate of drug-likeness (QED) is 0.612. The van der Waals surface area contributed by atoms with Crippen LogP contribution in [-0.4, -0.2) is 44.5 Å². The van der Waals surface area contributed by atoms with Crippen molar-refractivity contribution in [3.63, 3.8) is 0 Å². The topological polar surface area (TPSA) is 85.8 Å². The summed E-state index contributed by atoms with van der Waals surface area (Å²) >= 11 is 3.33. The van der Waals surface area contributed by atoms with Gasteiger partial charge in [0.2, 0.25) is 0 Å². The first-order valence-electron chi connectivity index (χ1n) is 10.0. The van der Waals surface area contributed by atoms with E-state index < -0.39 is 34.6 Å². The van der Waals surface area contributed by atoms with Crippen LogP contribution in [0, 0.1) is 18.6 Å². The molecule has 1 aromatic heterocycles. The molecule has 0 saturated heterocycles. The van der Waals surface area contributed by atoms with Crippen LogP contribution in [0.1, 0.15) is 30.5 Å². The SMILES string of the molecule is Cc1nc(NC(=O)C2=C(O)C3(CCC3)N(C)N(Cc3cccc(F)c3F)C2=O)ccc1Br. The van der Waals surface area contributed by atoms with Gasteiger partial charge >= 0.3 is 0 Å². The van der Waals surface area contributed by atoms with E-state index in [0.29, 0.717) is 18.5 Å². The third-order valence-electron chi connectivity index (χ3n) is 6.13. The Morgan fingerprint density at radius 2 is 2.00 bits per heavy atom. The molecule has 0 unspecified atom stereocenters. The fourth-order valence-corrected chi connectivity index (χ4v) is 4.28. The second kappa shape index (κ2) is 8.25. The van der Waals surface area contributed by atoms with Gasteiger partial charge in [0.15, 0.2) is 11.6 Å². The number of aliphatic hydroxyl groups excluding tert-OH is 1. The number of anilines is 1. The first-order chi connectivity index (χ1) is 15.2. The van der Waals surface area contributed by atoms with Crippen molar-refractivity contribution in [2.75, 3.05) is 12.4 Å². The zero-order valence-corrected chi connectivity index (χ0v) is 19.0. The number of nitrogens with zero attached hydrogens (tertiary/aromatic N) is 3. The lowest BCUT2D eigenvalue weighted by atomic mass is 9.72. The van der Waals surface area contributed by atoms with Crippen molar-refractivity contribution in [1.82, 2.24) is 15.0 Å². The summed E-state index contributed by atoms with van der Waals surface area (Å²) in [7, 11) is 1.60. The van der Waals surface area contributed by atoms with E-state index in [-0.39, 0.29) is 23.7 Å². The number of hydrazine groups is 1. The number of likely N-dealkylation sites (N-methyl/N-ethyl adjacent to an activating group) is 1. The van der Waals surface area contributed by atoms with Gasteiger partial charge in [-0.15, -0.1) is 0 Å². The molecule has 10 heteroatoms. The van der Waals surface area contributed by atoms with Crippen LogP contribution >= 0.6 is 15.9 Å². The largest absolute Gasteiger partial charge is 0.509 e. The molecule has 4 rings (SSSR count). The molecule has 2 aliphatic rings. The van der Waals surface area contributed by atoms with Gasteiger partial charge in [-0.2, -0.15) is 0 Å². The van der Waals surface area contributed by atoms with Gasteiger partial charge in [-0.3, -0.25) is 14.6 Å². The van der Waals surface area contributed by atoms with E-state index in [9.17, 15) is 23.5 Å². The van der Waals surface area contributed by atoms with E-state index in [4.69, 9.17) is 0 Å². The highest BCUT2D eigenvalue weighted by molar-refractivity contribution is 9.10. The normalized spacial score (nSPS) is 18.2. The molecule has 1 spiro atoms. The van der Waals surface area contributed by atoms with Crippen molar-refractivity contribution in [3.8, 4) is 0 Å². The van der Waals surface area contributed by atoms with Gasteiger partial charge in [0.25, 0.3) is 11.8 Å². The minimum absolute atomic E-state index is 0.0361. The third-order valence-corrected chi connectivity index (χ3v) is 6.97. The maximum Gasteiger partial charge on any atom is 0.277 e. The maximum atomic E-state index is 14.3. The smallest absolute Gasteiger partial charge is 0.277 e. The highest BCUT2D eigenvalue weighted by atomic mass is 79.9. The van der Waals surface area contributed by atoms with E-state index in [1.165, 1.54) is 22.2 Å². The molecule has 1 saturated carbocycles. The molecule has 2 amide bonds. The number of aromatic nitrogens is 1. The van der Waals surface area contributed by atoms with Gasteiger partial charge < -0.3 is 10.4 Å². The molecule has 1 fully saturated rings. The Balaban J connectivity index is 1.70.